The fourth-order valence-corrected chi connectivity index (χ4v) is 4.52. The highest BCUT2D eigenvalue weighted by Crippen LogP contribution is 2.33. The van der Waals surface area contributed by atoms with Crippen LogP contribution in [0.3, 0.4) is 0 Å². The van der Waals surface area contributed by atoms with E-state index >= 15 is 0 Å². The maximum atomic E-state index is 12.7. The average molecular weight is 314 g/mol. The minimum Gasteiger partial charge on any atom is -0.502 e. The number of benzene rings is 1. The van der Waals surface area contributed by atoms with E-state index in [0.29, 0.717) is 6.54 Å². The van der Waals surface area contributed by atoms with Crippen LogP contribution in [0.4, 0.5) is 5.69 Å². The molecule has 1 N–H and O–H groups in total. The summed E-state index contributed by atoms with van der Waals surface area (Å²) >= 11 is 0. The first-order valence-electron chi connectivity index (χ1n) is 6.74. The molecule has 1 heterocycles. The molecule has 116 valence electrons. The SMILES string of the molecule is CC(C)C1CCCN1S(=O)(=O)c1ccc(O)c([N+](=O)[O-])c1. The summed E-state index contributed by atoms with van der Waals surface area (Å²) in [6.45, 7) is 4.33. The second kappa shape index (κ2) is 5.61. The van der Waals surface area contributed by atoms with E-state index in [1.807, 2.05) is 13.8 Å². The van der Waals surface area contributed by atoms with E-state index in [1.54, 1.807) is 0 Å². The monoisotopic (exact) mass is 314 g/mol. The maximum absolute atomic E-state index is 12.7. The van der Waals surface area contributed by atoms with Crippen LogP contribution in [0.1, 0.15) is 26.7 Å². The first-order chi connectivity index (χ1) is 9.75. The lowest BCUT2D eigenvalue weighted by atomic mass is 10.0. The van der Waals surface area contributed by atoms with Crippen LogP contribution < -0.4 is 0 Å². The largest absolute Gasteiger partial charge is 0.502 e. The predicted molar refractivity (Wildman–Crippen MR) is 76.5 cm³/mol. The Bertz CT molecular complexity index is 657. The van der Waals surface area contributed by atoms with Gasteiger partial charge < -0.3 is 5.11 Å². The summed E-state index contributed by atoms with van der Waals surface area (Å²) in [5.41, 5.74) is -0.601. The Kier molecular flexibility index (Phi) is 4.20. The minimum atomic E-state index is -3.79. The number of hydrogen-bond acceptors (Lipinski definition) is 5. The predicted octanol–water partition coefficient (Wildman–Crippen LogP) is 2.11. The fourth-order valence-electron chi connectivity index (χ4n) is 2.68. The minimum absolute atomic E-state index is 0.0946. The molecule has 8 heteroatoms. The molecule has 0 aromatic heterocycles. The zero-order valence-electron chi connectivity index (χ0n) is 11.9. The van der Waals surface area contributed by atoms with Gasteiger partial charge in [0.05, 0.1) is 9.82 Å². The van der Waals surface area contributed by atoms with Crippen molar-refractivity contribution >= 4 is 15.7 Å². The molecule has 1 aliphatic rings. The molecule has 1 saturated heterocycles. The van der Waals surface area contributed by atoms with Crippen molar-refractivity contribution in [3.05, 3.63) is 28.3 Å². The molecular weight excluding hydrogens is 296 g/mol. The smallest absolute Gasteiger partial charge is 0.312 e. The lowest BCUT2D eigenvalue weighted by Gasteiger charge is -2.26. The highest BCUT2D eigenvalue weighted by Gasteiger charge is 2.37. The molecule has 0 bridgehead atoms. The summed E-state index contributed by atoms with van der Waals surface area (Å²) in [6.07, 6.45) is 1.57. The van der Waals surface area contributed by atoms with Gasteiger partial charge in [0, 0.05) is 18.7 Å². The first-order valence-corrected chi connectivity index (χ1v) is 8.18. The number of phenolic OH excluding ortho intramolecular Hbond substituents is 1. The molecule has 0 saturated carbocycles. The van der Waals surface area contributed by atoms with Gasteiger partial charge >= 0.3 is 5.69 Å². The molecule has 7 nitrogen and oxygen atoms in total. The van der Waals surface area contributed by atoms with Crippen molar-refractivity contribution in [1.82, 2.24) is 4.31 Å². The van der Waals surface area contributed by atoms with E-state index in [2.05, 4.69) is 0 Å². The molecule has 1 fully saturated rings. The van der Waals surface area contributed by atoms with E-state index in [0.717, 1.165) is 25.0 Å². The third-order valence-corrected chi connectivity index (χ3v) is 5.69. The number of aromatic hydroxyl groups is 1. The zero-order valence-corrected chi connectivity index (χ0v) is 12.7. The van der Waals surface area contributed by atoms with Crippen LogP contribution in [0, 0.1) is 16.0 Å². The Morgan fingerprint density at radius 3 is 2.67 bits per heavy atom. The summed E-state index contributed by atoms with van der Waals surface area (Å²) < 4.78 is 26.7. The lowest BCUT2D eigenvalue weighted by molar-refractivity contribution is -0.386. The topological polar surface area (TPSA) is 101 Å². The molecule has 1 aromatic carbocycles. The van der Waals surface area contributed by atoms with Crippen LogP contribution >= 0.6 is 0 Å². The van der Waals surface area contributed by atoms with E-state index in [4.69, 9.17) is 0 Å². The van der Waals surface area contributed by atoms with Crippen molar-refractivity contribution in [3.63, 3.8) is 0 Å². The summed E-state index contributed by atoms with van der Waals surface area (Å²) in [4.78, 5) is 9.89. The Balaban J connectivity index is 2.45. The van der Waals surface area contributed by atoms with Crippen LogP contribution in [0.2, 0.25) is 0 Å². The van der Waals surface area contributed by atoms with E-state index < -0.39 is 26.4 Å². The Labute approximate surface area is 123 Å². The third kappa shape index (κ3) is 2.86. The third-order valence-electron chi connectivity index (χ3n) is 3.77. The van der Waals surface area contributed by atoms with E-state index in [-0.39, 0.29) is 16.9 Å². The van der Waals surface area contributed by atoms with Crippen molar-refractivity contribution in [2.45, 2.75) is 37.6 Å². The van der Waals surface area contributed by atoms with Crippen molar-refractivity contribution in [3.8, 4) is 5.75 Å². The Hall–Kier alpha value is -1.67. The number of rotatable bonds is 4. The summed E-state index contributed by atoms with van der Waals surface area (Å²) in [5, 5.41) is 20.3. The van der Waals surface area contributed by atoms with Gasteiger partial charge in [-0.15, -0.1) is 0 Å². The first kappa shape index (κ1) is 15.7. The number of phenols is 1. The number of sulfonamides is 1. The summed E-state index contributed by atoms with van der Waals surface area (Å²) in [7, 11) is -3.79. The molecule has 21 heavy (non-hydrogen) atoms. The summed E-state index contributed by atoms with van der Waals surface area (Å²) in [6, 6.07) is 3.07. The second-order valence-corrected chi connectivity index (χ2v) is 7.37. The number of nitro benzene ring substituents is 1. The second-order valence-electron chi connectivity index (χ2n) is 5.48. The van der Waals surface area contributed by atoms with Crippen molar-refractivity contribution in [2.75, 3.05) is 6.54 Å². The van der Waals surface area contributed by atoms with Crippen LogP contribution in [-0.4, -0.2) is 35.3 Å². The van der Waals surface area contributed by atoms with Gasteiger partial charge in [-0.2, -0.15) is 4.31 Å². The molecule has 1 unspecified atom stereocenters. The molecule has 0 spiro atoms. The average Bonchev–Trinajstić information content (AvgIpc) is 2.88. The quantitative estimate of drug-likeness (QED) is 0.677. The van der Waals surface area contributed by atoms with Gasteiger partial charge in [0.1, 0.15) is 0 Å². The van der Waals surface area contributed by atoms with Crippen LogP contribution in [0.15, 0.2) is 23.1 Å². The van der Waals surface area contributed by atoms with Crippen LogP contribution in [0.5, 0.6) is 5.75 Å². The molecule has 1 aromatic rings. The standard InChI is InChI=1S/C13H18N2O5S/c1-9(2)11-4-3-7-14(11)21(19,20)10-5-6-13(16)12(8-10)15(17)18/h5-6,8-9,11,16H,3-4,7H2,1-2H3. The molecule has 1 atom stereocenters. The molecule has 0 radical (unpaired) electrons. The molecule has 0 amide bonds. The van der Waals surface area contributed by atoms with Crippen LogP contribution in [-0.2, 0) is 10.0 Å². The van der Waals surface area contributed by atoms with Crippen LogP contribution in [0.25, 0.3) is 0 Å². The van der Waals surface area contributed by atoms with Gasteiger partial charge in [0.15, 0.2) is 5.75 Å². The van der Waals surface area contributed by atoms with E-state index in [9.17, 15) is 23.6 Å². The van der Waals surface area contributed by atoms with Gasteiger partial charge in [-0.1, -0.05) is 13.8 Å². The Morgan fingerprint density at radius 2 is 2.10 bits per heavy atom. The molecule has 2 rings (SSSR count). The van der Waals surface area contributed by atoms with E-state index in [1.165, 1.54) is 10.4 Å². The number of nitro groups is 1. The molecule has 1 aliphatic heterocycles. The maximum Gasteiger partial charge on any atom is 0.312 e. The normalized spacial score (nSPS) is 20.0. The molecular formula is C13H18N2O5S. The Morgan fingerprint density at radius 1 is 1.43 bits per heavy atom. The van der Waals surface area contributed by atoms with Gasteiger partial charge in [0.2, 0.25) is 10.0 Å². The summed E-state index contributed by atoms with van der Waals surface area (Å²) in [5.74, 6) is -0.366. The highest BCUT2D eigenvalue weighted by molar-refractivity contribution is 7.89. The zero-order chi connectivity index (χ0) is 15.8. The van der Waals surface area contributed by atoms with Crippen molar-refractivity contribution in [1.29, 1.82) is 0 Å². The van der Waals surface area contributed by atoms with Crippen molar-refractivity contribution in [2.24, 2.45) is 5.92 Å². The number of hydrogen-bond donors (Lipinski definition) is 1. The lowest BCUT2D eigenvalue weighted by Crippen LogP contribution is -2.38. The van der Waals surface area contributed by atoms with Gasteiger partial charge in [-0.3, -0.25) is 10.1 Å². The van der Waals surface area contributed by atoms with Gasteiger partial charge in [-0.25, -0.2) is 8.42 Å². The van der Waals surface area contributed by atoms with Gasteiger partial charge in [0.25, 0.3) is 0 Å². The van der Waals surface area contributed by atoms with Gasteiger partial charge in [-0.05, 0) is 30.9 Å². The number of nitrogens with zero attached hydrogens (tertiary/aromatic N) is 2. The fraction of sp³-hybridized carbons (Fsp3) is 0.538. The molecule has 0 aliphatic carbocycles. The van der Waals surface area contributed by atoms with Crippen molar-refractivity contribution < 1.29 is 18.4 Å². The highest BCUT2D eigenvalue weighted by atomic mass is 32.2.